The molecular weight excluding hydrogens is 477 g/mol. The molecule has 0 aliphatic carbocycles. The third kappa shape index (κ3) is 4.67. The maximum Gasteiger partial charge on any atom is 0.228 e. The third-order valence-corrected chi connectivity index (χ3v) is 5.48. The van der Waals surface area contributed by atoms with Crippen molar-refractivity contribution in [2.75, 3.05) is 24.4 Å². The van der Waals surface area contributed by atoms with Crippen molar-refractivity contribution in [1.29, 1.82) is 0 Å². The quantitative estimate of drug-likeness (QED) is 0.235. The molecule has 4 atom stereocenters. The largest absolute Gasteiger partial charge is 0.486 e. The molecule has 0 bridgehead atoms. The Morgan fingerprint density at radius 3 is 2.79 bits per heavy atom. The molecule has 1 saturated heterocycles. The second-order valence-corrected chi connectivity index (χ2v) is 8.13. The molecule has 6 N–H and O–H groups in total. The molecule has 4 unspecified atom stereocenters. The van der Waals surface area contributed by atoms with Crippen LogP contribution >= 0.6 is 23.2 Å². The number of hydrogen-bond donors (Lipinski definition) is 5. The van der Waals surface area contributed by atoms with Crippen molar-refractivity contribution in [2.45, 2.75) is 31.5 Å². The number of ether oxygens (including phenoxy) is 2. The number of nitrogens with two attached hydrogens (primary N) is 1. The Hall–Kier alpha value is -2.74. The molecule has 4 rings (SSSR count). The van der Waals surface area contributed by atoms with Crippen LogP contribution in [0.15, 0.2) is 29.6 Å². The number of aromatic nitrogens is 4. The van der Waals surface area contributed by atoms with Crippen LogP contribution in [0.1, 0.15) is 13.2 Å². The fraction of sp³-hybridized carbons (Fsp3) is 0.368. The summed E-state index contributed by atoms with van der Waals surface area (Å²) in [5.74, 6) is 0.670. The molecule has 2 aromatic heterocycles. The van der Waals surface area contributed by atoms with Gasteiger partial charge in [-0.15, -0.1) is 0 Å². The van der Waals surface area contributed by atoms with Crippen molar-refractivity contribution in [2.24, 2.45) is 5.10 Å². The normalized spacial score (nSPS) is 23.3. The Labute approximate surface area is 197 Å². The summed E-state index contributed by atoms with van der Waals surface area (Å²) in [7, 11) is 0. The van der Waals surface area contributed by atoms with Gasteiger partial charge in [-0.3, -0.25) is 4.57 Å². The van der Waals surface area contributed by atoms with E-state index in [-0.39, 0.29) is 29.5 Å². The van der Waals surface area contributed by atoms with Crippen LogP contribution in [0.4, 0.5) is 11.8 Å². The molecule has 3 heterocycles. The van der Waals surface area contributed by atoms with E-state index in [2.05, 4.69) is 25.5 Å². The average Bonchev–Trinajstić information content (AvgIpc) is 3.29. The van der Waals surface area contributed by atoms with Gasteiger partial charge in [0.1, 0.15) is 37.0 Å². The molecule has 33 heavy (non-hydrogen) atoms. The summed E-state index contributed by atoms with van der Waals surface area (Å²) in [5, 5.41) is 35.2. The Morgan fingerprint density at radius 2 is 2.09 bits per heavy atom. The summed E-state index contributed by atoms with van der Waals surface area (Å²) in [6.07, 6.45) is -3.54. The number of rotatable bonds is 7. The Bertz CT molecular complexity index is 1190. The number of aliphatic hydroxyl groups excluding tert-OH is 3. The molecule has 0 amide bonds. The first-order valence-electron chi connectivity index (χ1n) is 9.78. The molecular formula is C19H21Cl2N7O5. The monoisotopic (exact) mass is 497 g/mol. The number of benzene rings is 1. The van der Waals surface area contributed by atoms with E-state index in [1.807, 2.05) is 0 Å². The number of hydrogen-bond acceptors (Lipinski definition) is 11. The summed E-state index contributed by atoms with van der Waals surface area (Å²) in [4.78, 5) is 12.5. The number of nitrogens with one attached hydrogen (secondary N) is 1. The molecule has 1 fully saturated rings. The number of nitrogen functional groups attached to an aromatic ring is 1. The standard InChI is InChI=1S/C19H21Cl2N7O5/c1-8(6-32-11-3-2-9(20)4-10(11)21)26-27-19-25-13-16(22)23-7-24-17(13)28(19)18-15(31)14(30)12(5-29)33-18/h2-4,7,12,14-15,18,29-31H,5-6H2,1H3,(H,25,27)(H2,22,23,24). The Balaban J connectivity index is 1.59. The second-order valence-electron chi connectivity index (χ2n) is 7.29. The highest BCUT2D eigenvalue weighted by atomic mass is 35.5. The molecule has 14 heteroatoms. The number of fused-ring (bicyclic) bond motifs is 1. The van der Waals surface area contributed by atoms with Crippen LogP contribution in [-0.4, -0.2) is 72.1 Å². The third-order valence-electron chi connectivity index (χ3n) is 4.95. The lowest BCUT2D eigenvalue weighted by molar-refractivity contribution is -0.0501. The molecule has 12 nitrogen and oxygen atoms in total. The molecule has 0 radical (unpaired) electrons. The molecule has 1 aromatic carbocycles. The predicted octanol–water partition coefficient (Wildman–Crippen LogP) is 1.19. The fourth-order valence-electron chi connectivity index (χ4n) is 3.29. The van der Waals surface area contributed by atoms with Crippen LogP contribution in [0.25, 0.3) is 11.2 Å². The van der Waals surface area contributed by atoms with Crippen LogP contribution in [0.5, 0.6) is 5.75 Å². The van der Waals surface area contributed by atoms with E-state index in [1.54, 1.807) is 25.1 Å². The summed E-state index contributed by atoms with van der Waals surface area (Å²) in [6.45, 7) is 1.33. The number of aliphatic hydroxyl groups is 3. The highest BCUT2D eigenvalue weighted by Gasteiger charge is 2.45. The van der Waals surface area contributed by atoms with E-state index >= 15 is 0 Å². The van der Waals surface area contributed by atoms with Gasteiger partial charge in [0.25, 0.3) is 0 Å². The van der Waals surface area contributed by atoms with Crippen molar-refractivity contribution in [1.82, 2.24) is 19.5 Å². The number of imidazole rings is 1. The minimum atomic E-state index is -1.36. The lowest BCUT2D eigenvalue weighted by Crippen LogP contribution is -2.33. The number of nitrogens with zero attached hydrogens (tertiary/aromatic N) is 5. The summed E-state index contributed by atoms with van der Waals surface area (Å²) in [6, 6.07) is 4.87. The summed E-state index contributed by atoms with van der Waals surface area (Å²) >= 11 is 12.0. The van der Waals surface area contributed by atoms with Crippen LogP contribution in [0, 0.1) is 0 Å². The molecule has 1 aliphatic heterocycles. The van der Waals surface area contributed by atoms with Gasteiger partial charge in [0.05, 0.1) is 17.3 Å². The maximum absolute atomic E-state index is 10.5. The lowest BCUT2D eigenvalue weighted by atomic mass is 10.1. The fourth-order valence-corrected chi connectivity index (χ4v) is 3.75. The van der Waals surface area contributed by atoms with E-state index in [9.17, 15) is 15.3 Å². The molecule has 1 aliphatic rings. The van der Waals surface area contributed by atoms with E-state index < -0.39 is 31.1 Å². The number of anilines is 2. The highest BCUT2D eigenvalue weighted by molar-refractivity contribution is 6.35. The predicted molar refractivity (Wildman–Crippen MR) is 121 cm³/mol. The van der Waals surface area contributed by atoms with E-state index in [1.165, 1.54) is 10.9 Å². The number of hydrazone groups is 1. The van der Waals surface area contributed by atoms with Crippen molar-refractivity contribution >= 4 is 51.8 Å². The van der Waals surface area contributed by atoms with Gasteiger partial charge in [-0.05, 0) is 25.1 Å². The van der Waals surface area contributed by atoms with E-state index in [0.717, 1.165) is 0 Å². The number of halogens is 2. The van der Waals surface area contributed by atoms with Crippen molar-refractivity contribution in [3.63, 3.8) is 0 Å². The first-order chi connectivity index (χ1) is 15.8. The molecule has 0 spiro atoms. The Morgan fingerprint density at radius 1 is 1.30 bits per heavy atom. The van der Waals surface area contributed by atoms with Crippen molar-refractivity contribution in [3.8, 4) is 5.75 Å². The van der Waals surface area contributed by atoms with Gasteiger partial charge < -0.3 is 30.5 Å². The van der Waals surface area contributed by atoms with Crippen molar-refractivity contribution < 1.29 is 24.8 Å². The van der Waals surface area contributed by atoms with Gasteiger partial charge in [-0.2, -0.15) is 5.10 Å². The molecule has 3 aromatic rings. The zero-order valence-corrected chi connectivity index (χ0v) is 18.8. The first kappa shape index (κ1) is 23.4. The zero-order chi connectivity index (χ0) is 23.7. The van der Waals surface area contributed by atoms with Gasteiger partial charge in [0.2, 0.25) is 5.95 Å². The first-order valence-corrected chi connectivity index (χ1v) is 10.5. The highest BCUT2D eigenvalue weighted by Crippen LogP contribution is 2.35. The van der Waals surface area contributed by atoms with E-state index in [0.29, 0.717) is 21.5 Å². The van der Waals surface area contributed by atoms with E-state index in [4.69, 9.17) is 38.4 Å². The van der Waals surface area contributed by atoms with Crippen LogP contribution in [0.3, 0.4) is 0 Å². The summed E-state index contributed by atoms with van der Waals surface area (Å²) < 4.78 is 12.7. The maximum atomic E-state index is 10.5. The van der Waals surface area contributed by atoms with Gasteiger partial charge in [0, 0.05) is 5.02 Å². The second kappa shape index (κ2) is 9.63. The smallest absolute Gasteiger partial charge is 0.228 e. The van der Waals surface area contributed by atoms with Crippen LogP contribution < -0.4 is 15.9 Å². The minimum absolute atomic E-state index is 0.102. The molecule has 176 valence electrons. The van der Waals surface area contributed by atoms with Gasteiger partial charge in [-0.25, -0.2) is 20.4 Å². The summed E-state index contributed by atoms with van der Waals surface area (Å²) in [5.41, 5.74) is 9.72. The van der Waals surface area contributed by atoms with Gasteiger partial charge >= 0.3 is 0 Å². The lowest BCUT2D eigenvalue weighted by Gasteiger charge is -2.19. The van der Waals surface area contributed by atoms with Crippen molar-refractivity contribution in [3.05, 3.63) is 34.6 Å². The SMILES string of the molecule is CC(COc1ccc(Cl)cc1Cl)=NNc1nc2c(N)ncnc2n1C1OC(CO)C(O)C1O. The Kier molecular flexibility index (Phi) is 6.83. The van der Waals surface area contributed by atoms with Gasteiger partial charge in [0.15, 0.2) is 23.2 Å². The van der Waals surface area contributed by atoms with Crippen LogP contribution in [0.2, 0.25) is 10.0 Å². The van der Waals surface area contributed by atoms with Crippen LogP contribution in [-0.2, 0) is 4.74 Å². The topological polar surface area (TPSA) is 173 Å². The molecule has 0 saturated carbocycles. The zero-order valence-electron chi connectivity index (χ0n) is 17.3. The minimum Gasteiger partial charge on any atom is -0.486 e. The average molecular weight is 498 g/mol. The van der Waals surface area contributed by atoms with Gasteiger partial charge in [-0.1, -0.05) is 23.2 Å².